The van der Waals surface area contributed by atoms with E-state index in [4.69, 9.17) is 42.6 Å². The number of benzene rings is 2. The minimum Gasteiger partial charge on any atom is -0.481 e. The average Bonchev–Trinajstić information content (AvgIpc) is 3.73. The molecule has 0 radical (unpaired) electrons. The Bertz CT molecular complexity index is 1450. The van der Waals surface area contributed by atoms with Crippen LogP contribution < -0.4 is 9.47 Å². The highest BCUT2D eigenvalue weighted by atomic mass is 35.5. The molecule has 0 N–H and O–H groups in total. The number of likely N-dealkylation sites (tertiary alicyclic amines) is 2. The minimum atomic E-state index is 0.588. The lowest BCUT2D eigenvalue weighted by molar-refractivity contribution is 0.317. The second-order valence-corrected chi connectivity index (χ2v) is 11.8. The SMILES string of the molecule is COc1nc(-c2cccc(-c3cccc(-c4ccc(CN5CCCC5)c(OC)n4)c3Cl)c2Cl)ccc1CN1CCCC1. The van der Waals surface area contributed by atoms with Gasteiger partial charge in [-0.3, -0.25) is 9.80 Å². The lowest BCUT2D eigenvalue weighted by Crippen LogP contribution is -2.19. The van der Waals surface area contributed by atoms with Gasteiger partial charge in [0.05, 0.1) is 35.7 Å². The second-order valence-electron chi connectivity index (χ2n) is 11.0. The molecule has 0 saturated carbocycles. The first-order valence-electron chi connectivity index (χ1n) is 14.7. The quantitative estimate of drug-likeness (QED) is 0.193. The molecule has 0 aliphatic carbocycles. The van der Waals surface area contributed by atoms with Gasteiger partial charge >= 0.3 is 0 Å². The van der Waals surface area contributed by atoms with Gasteiger partial charge in [-0.15, -0.1) is 0 Å². The first-order chi connectivity index (χ1) is 20.6. The van der Waals surface area contributed by atoms with Crippen molar-refractivity contribution in [2.45, 2.75) is 38.8 Å². The molecule has 0 amide bonds. The zero-order chi connectivity index (χ0) is 29.1. The number of rotatable bonds is 9. The number of pyridine rings is 2. The van der Waals surface area contributed by atoms with E-state index >= 15 is 0 Å². The molecular formula is C34H36Cl2N4O2. The number of halogens is 2. The van der Waals surface area contributed by atoms with Crippen LogP contribution in [0.4, 0.5) is 0 Å². The van der Waals surface area contributed by atoms with Gasteiger partial charge < -0.3 is 9.47 Å². The highest BCUT2D eigenvalue weighted by Gasteiger charge is 2.20. The van der Waals surface area contributed by atoms with E-state index in [1.54, 1.807) is 14.2 Å². The van der Waals surface area contributed by atoms with Crippen molar-refractivity contribution in [2.75, 3.05) is 40.4 Å². The summed E-state index contributed by atoms with van der Waals surface area (Å²) in [6.07, 6.45) is 4.97. The van der Waals surface area contributed by atoms with Crippen LogP contribution in [0.2, 0.25) is 10.0 Å². The summed E-state index contributed by atoms with van der Waals surface area (Å²) in [5.41, 5.74) is 7.01. The van der Waals surface area contributed by atoms with Crippen LogP contribution in [0.5, 0.6) is 11.8 Å². The van der Waals surface area contributed by atoms with E-state index in [2.05, 4.69) is 21.9 Å². The summed E-state index contributed by atoms with van der Waals surface area (Å²) in [7, 11) is 3.34. The van der Waals surface area contributed by atoms with Crippen LogP contribution in [-0.2, 0) is 13.1 Å². The van der Waals surface area contributed by atoms with Crippen molar-refractivity contribution >= 4 is 23.2 Å². The Kier molecular flexibility index (Phi) is 8.96. The van der Waals surface area contributed by atoms with Crippen molar-refractivity contribution in [3.05, 3.63) is 81.8 Å². The van der Waals surface area contributed by atoms with Gasteiger partial charge in [-0.05, 0) is 64.0 Å². The number of aromatic nitrogens is 2. The Morgan fingerprint density at radius 2 is 0.952 bits per heavy atom. The molecular weight excluding hydrogens is 567 g/mol. The summed E-state index contributed by atoms with van der Waals surface area (Å²) >= 11 is 14.2. The third-order valence-electron chi connectivity index (χ3n) is 8.29. The van der Waals surface area contributed by atoms with E-state index in [1.165, 1.54) is 25.7 Å². The molecule has 2 aromatic carbocycles. The van der Waals surface area contributed by atoms with Crippen LogP contribution in [0, 0.1) is 0 Å². The van der Waals surface area contributed by atoms with Crippen molar-refractivity contribution in [2.24, 2.45) is 0 Å². The maximum Gasteiger partial charge on any atom is 0.218 e. The topological polar surface area (TPSA) is 50.7 Å². The summed E-state index contributed by atoms with van der Waals surface area (Å²) in [4.78, 5) is 14.6. The molecule has 2 aliphatic heterocycles. The van der Waals surface area contributed by atoms with Crippen molar-refractivity contribution < 1.29 is 9.47 Å². The molecule has 218 valence electrons. The van der Waals surface area contributed by atoms with Crippen molar-refractivity contribution in [3.63, 3.8) is 0 Å². The molecule has 8 heteroatoms. The maximum atomic E-state index is 7.08. The molecule has 2 saturated heterocycles. The van der Waals surface area contributed by atoms with Crippen LogP contribution in [0.25, 0.3) is 33.6 Å². The van der Waals surface area contributed by atoms with Gasteiger partial charge in [0, 0.05) is 46.5 Å². The molecule has 2 aromatic heterocycles. The Morgan fingerprint density at radius 1 is 0.571 bits per heavy atom. The molecule has 6 rings (SSSR count). The van der Waals surface area contributed by atoms with E-state index in [0.29, 0.717) is 21.8 Å². The third kappa shape index (κ3) is 6.00. The van der Waals surface area contributed by atoms with Crippen molar-refractivity contribution in [1.29, 1.82) is 0 Å². The van der Waals surface area contributed by atoms with Gasteiger partial charge in [0.2, 0.25) is 11.8 Å². The van der Waals surface area contributed by atoms with Gasteiger partial charge in [-0.25, -0.2) is 9.97 Å². The summed E-state index contributed by atoms with van der Waals surface area (Å²) in [5.74, 6) is 1.27. The highest BCUT2D eigenvalue weighted by molar-refractivity contribution is 6.39. The molecule has 0 atom stereocenters. The number of ether oxygens (including phenoxy) is 2. The fraction of sp³-hybridized carbons (Fsp3) is 0.353. The Labute approximate surface area is 258 Å². The van der Waals surface area contributed by atoms with E-state index < -0.39 is 0 Å². The van der Waals surface area contributed by atoms with Gasteiger partial charge in [-0.2, -0.15) is 0 Å². The molecule has 6 nitrogen and oxygen atoms in total. The summed E-state index contributed by atoms with van der Waals surface area (Å²) in [6.45, 7) is 6.13. The first-order valence-corrected chi connectivity index (χ1v) is 15.4. The fourth-order valence-corrected chi connectivity index (χ4v) is 6.72. The normalized spacial score (nSPS) is 15.8. The molecule has 0 unspecified atom stereocenters. The number of hydrogen-bond donors (Lipinski definition) is 0. The van der Waals surface area contributed by atoms with Crippen LogP contribution in [-0.4, -0.2) is 60.2 Å². The van der Waals surface area contributed by atoms with Gasteiger partial charge in [0.1, 0.15) is 0 Å². The number of nitrogens with zero attached hydrogens (tertiary/aromatic N) is 4. The largest absolute Gasteiger partial charge is 0.481 e. The van der Waals surface area contributed by atoms with Gasteiger partial charge in [0.15, 0.2) is 0 Å². The maximum absolute atomic E-state index is 7.08. The summed E-state index contributed by atoms with van der Waals surface area (Å²) in [6, 6.07) is 20.2. The Hall–Kier alpha value is -3.16. The number of hydrogen-bond acceptors (Lipinski definition) is 6. The second kappa shape index (κ2) is 13.0. The third-order valence-corrected chi connectivity index (χ3v) is 9.10. The first kappa shape index (κ1) is 28.9. The molecule has 4 aromatic rings. The molecule has 0 bridgehead atoms. The molecule has 2 aliphatic rings. The van der Waals surface area contributed by atoms with Crippen LogP contribution in [0.3, 0.4) is 0 Å². The molecule has 4 heterocycles. The Balaban J connectivity index is 1.32. The predicted octanol–water partition coefficient (Wildman–Crippen LogP) is 7.99. The zero-order valence-corrected chi connectivity index (χ0v) is 25.7. The lowest BCUT2D eigenvalue weighted by atomic mass is 9.98. The van der Waals surface area contributed by atoms with E-state index in [0.717, 1.165) is 84.0 Å². The standard InChI is InChI=1S/C34H36Cl2N4O2/c1-41-33-23(21-39-17-3-4-18-39)13-15-29(37-33)27-11-7-9-25(31(27)35)26-10-8-12-28(32(26)36)30-16-14-24(34(38-30)42-2)22-40-19-5-6-20-40/h7-16H,3-6,17-22H2,1-2H3. The van der Waals surface area contributed by atoms with Crippen molar-refractivity contribution in [3.8, 4) is 45.4 Å². The molecule has 42 heavy (non-hydrogen) atoms. The van der Waals surface area contributed by atoms with E-state index in [9.17, 15) is 0 Å². The van der Waals surface area contributed by atoms with Gasteiger partial charge in [0.25, 0.3) is 0 Å². The monoisotopic (exact) mass is 602 g/mol. The minimum absolute atomic E-state index is 0.588. The van der Waals surface area contributed by atoms with Crippen LogP contribution in [0.1, 0.15) is 36.8 Å². The van der Waals surface area contributed by atoms with Gasteiger partial charge in [-0.1, -0.05) is 71.7 Å². The Morgan fingerprint density at radius 3 is 1.33 bits per heavy atom. The van der Waals surface area contributed by atoms with Crippen LogP contribution in [0.15, 0.2) is 60.7 Å². The smallest absolute Gasteiger partial charge is 0.218 e. The predicted molar refractivity (Wildman–Crippen MR) is 170 cm³/mol. The van der Waals surface area contributed by atoms with E-state index in [-0.39, 0.29) is 0 Å². The highest BCUT2D eigenvalue weighted by Crippen LogP contribution is 2.42. The summed E-state index contributed by atoms with van der Waals surface area (Å²) < 4.78 is 11.4. The number of methoxy groups -OCH3 is 2. The average molecular weight is 604 g/mol. The zero-order valence-electron chi connectivity index (χ0n) is 24.2. The lowest BCUT2D eigenvalue weighted by Gasteiger charge is -2.18. The summed E-state index contributed by atoms with van der Waals surface area (Å²) in [5, 5.41) is 1.18. The van der Waals surface area contributed by atoms with E-state index in [1.807, 2.05) is 48.5 Å². The molecule has 0 spiro atoms. The van der Waals surface area contributed by atoms with Crippen LogP contribution >= 0.6 is 23.2 Å². The fourth-order valence-electron chi connectivity index (χ4n) is 6.07. The van der Waals surface area contributed by atoms with Crippen molar-refractivity contribution in [1.82, 2.24) is 19.8 Å². The molecule has 2 fully saturated rings.